The number of benzene rings is 1. The lowest BCUT2D eigenvalue weighted by atomic mass is 9.97. The van der Waals surface area contributed by atoms with Gasteiger partial charge in [0.25, 0.3) is 5.56 Å². The first-order chi connectivity index (χ1) is 13.0. The first kappa shape index (κ1) is 17.9. The number of carbonyl (C=O) groups excluding carboxylic acids is 1. The van der Waals surface area contributed by atoms with Crippen molar-refractivity contribution < 1.29 is 9.18 Å². The van der Waals surface area contributed by atoms with Crippen molar-refractivity contribution in [1.82, 2.24) is 14.9 Å². The van der Waals surface area contributed by atoms with E-state index in [1.165, 1.54) is 21.8 Å². The van der Waals surface area contributed by atoms with Crippen LogP contribution in [0.25, 0.3) is 10.2 Å². The third-order valence-corrected chi connectivity index (χ3v) is 6.18. The highest BCUT2D eigenvalue weighted by atomic mass is 32.1. The Morgan fingerprint density at radius 1 is 1.33 bits per heavy atom. The lowest BCUT2D eigenvalue weighted by molar-refractivity contribution is -0.121. The van der Waals surface area contributed by atoms with Gasteiger partial charge in [-0.05, 0) is 55.4 Å². The Balaban J connectivity index is 1.51. The van der Waals surface area contributed by atoms with Crippen LogP contribution in [0.15, 0.2) is 29.3 Å². The Labute approximate surface area is 159 Å². The number of thiophene rings is 1. The zero-order chi connectivity index (χ0) is 19.0. The van der Waals surface area contributed by atoms with Gasteiger partial charge < -0.3 is 5.32 Å². The molecule has 1 N–H and O–H groups in total. The molecular formula is C20H20FN3O2S. The van der Waals surface area contributed by atoms with Crippen LogP contribution in [-0.4, -0.2) is 15.5 Å². The molecule has 0 atom stereocenters. The standard InChI is InChI=1S/C20H20FN3O2S/c1-12-6-7-13(8-15(12)21)9-22-17(25)10-24-11-23-19-18(20(24)26)14-4-2-3-5-16(14)27-19/h6-8,11H,2-5,9-10H2,1H3,(H,22,25). The Morgan fingerprint density at radius 2 is 2.15 bits per heavy atom. The van der Waals surface area contributed by atoms with Gasteiger partial charge in [0.15, 0.2) is 0 Å². The van der Waals surface area contributed by atoms with E-state index in [4.69, 9.17) is 0 Å². The summed E-state index contributed by atoms with van der Waals surface area (Å²) in [7, 11) is 0. The van der Waals surface area contributed by atoms with Gasteiger partial charge in [0.2, 0.25) is 5.91 Å². The fourth-order valence-electron chi connectivity index (χ4n) is 3.45. The summed E-state index contributed by atoms with van der Waals surface area (Å²) in [4.78, 5) is 31.5. The number of carbonyl (C=O) groups is 1. The van der Waals surface area contributed by atoms with Crippen molar-refractivity contribution in [3.8, 4) is 0 Å². The zero-order valence-electron chi connectivity index (χ0n) is 15.0. The number of fused-ring (bicyclic) bond motifs is 3. The summed E-state index contributed by atoms with van der Waals surface area (Å²) in [6.07, 6.45) is 5.58. The average Bonchev–Trinajstić information content (AvgIpc) is 3.04. The van der Waals surface area contributed by atoms with Gasteiger partial charge in [-0.3, -0.25) is 14.2 Å². The molecule has 0 spiro atoms. The number of halogens is 1. The molecule has 5 nitrogen and oxygen atoms in total. The molecule has 27 heavy (non-hydrogen) atoms. The second-order valence-electron chi connectivity index (χ2n) is 6.93. The molecule has 0 radical (unpaired) electrons. The number of amides is 1. The van der Waals surface area contributed by atoms with E-state index < -0.39 is 0 Å². The van der Waals surface area contributed by atoms with Crippen molar-refractivity contribution in [2.75, 3.05) is 0 Å². The number of aromatic nitrogens is 2. The lowest BCUT2D eigenvalue weighted by Gasteiger charge is -2.11. The Kier molecular flexibility index (Phi) is 4.78. The lowest BCUT2D eigenvalue weighted by Crippen LogP contribution is -2.32. The van der Waals surface area contributed by atoms with Gasteiger partial charge in [-0.25, -0.2) is 9.37 Å². The molecule has 1 aliphatic rings. The van der Waals surface area contributed by atoms with Crippen molar-refractivity contribution in [2.45, 2.75) is 45.7 Å². The monoisotopic (exact) mass is 385 g/mol. The number of nitrogens with zero attached hydrogens (tertiary/aromatic N) is 2. The molecule has 0 saturated heterocycles. The third-order valence-electron chi connectivity index (χ3n) is 4.98. The second-order valence-corrected chi connectivity index (χ2v) is 8.01. The minimum absolute atomic E-state index is 0.0965. The fraction of sp³-hybridized carbons (Fsp3) is 0.350. The maximum absolute atomic E-state index is 13.6. The summed E-state index contributed by atoms with van der Waals surface area (Å²) in [5, 5.41) is 3.41. The van der Waals surface area contributed by atoms with E-state index in [1.54, 1.807) is 30.4 Å². The molecule has 2 heterocycles. The molecule has 7 heteroatoms. The topological polar surface area (TPSA) is 64.0 Å². The van der Waals surface area contributed by atoms with Crippen molar-refractivity contribution in [1.29, 1.82) is 0 Å². The number of aryl methyl sites for hydroxylation is 3. The van der Waals surface area contributed by atoms with Crippen LogP contribution >= 0.6 is 11.3 Å². The number of hydrogen-bond acceptors (Lipinski definition) is 4. The van der Waals surface area contributed by atoms with Gasteiger partial charge in [-0.1, -0.05) is 12.1 Å². The highest BCUT2D eigenvalue weighted by molar-refractivity contribution is 7.18. The molecule has 0 saturated carbocycles. The molecule has 140 valence electrons. The van der Waals surface area contributed by atoms with Gasteiger partial charge in [0.05, 0.1) is 11.7 Å². The molecule has 2 aromatic heterocycles. The van der Waals surface area contributed by atoms with Gasteiger partial charge >= 0.3 is 0 Å². The minimum atomic E-state index is -0.302. The van der Waals surface area contributed by atoms with Gasteiger partial charge in [0, 0.05) is 11.4 Å². The Morgan fingerprint density at radius 3 is 2.96 bits per heavy atom. The van der Waals surface area contributed by atoms with Crippen LogP contribution in [0.2, 0.25) is 0 Å². The summed E-state index contributed by atoms with van der Waals surface area (Å²) < 4.78 is 14.9. The van der Waals surface area contributed by atoms with Crippen LogP contribution in [0.5, 0.6) is 0 Å². The van der Waals surface area contributed by atoms with Gasteiger partial charge in [-0.2, -0.15) is 0 Å². The predicted molar refractivity (Wildman–Crippen MR) is 104 cm³/mol. The number of nitrogens with one attached hydrogen (secondary N) is 1. The average molecular weight is 385 g/mol. The summed E-state index contributed by atoms with van der Waals surface area (Å²) in [6.45, 7) is 1.81. The van der Waals surface area contributed by atoms with Crippen molar-refractivity contribution in [3.63, 3.8) is 0 Å². The number of rotatable bonds is 4. The highest BCUT2D eigenvalue weighted by Gasteiger charge is 2.20. The van der Waals surface area contributed by atoms with Crippen LogP contribution < -0.4 is 10.9 Å². The first-order valence-corrected chi connectivity index (χ1v) is 9.86. The normalized spacial score (nSPS) is 13.6. The van der Waals surface area contributed by atoms with Crippen molar-refractivity contribution >= 4 is 27.5 Å². The molecule has 4 rings (SSSR count). The molecule has 1 aliphatic carbocycles. The fourth-order valence-corrected chi connectivity index (χ4v) is 4.67. The van der Waals surface area contributed by atoms with Crippen LogP contribution in [0, 0.1) is 12.7 Å². The highest BCUT2D eigenvalue weighted by Crippen LogP contribution is 2.33. The van der Waals surface area contributed by atoms with Crippen LogP contribution in [-0.2, 0) is 30.7 Å². The smallest absolute Gasteiger partial charge is 0.262 e. The summed E-state index contributed by atoms with van der Waals surface area (Å²) >= 11 is 1.59. The van der Waals surface area contributed by atoms with E-state index in [0.29, 0.717) is 16.5 Å². The largest absolute Gasteiger partial charge is 0.350 e. The Hall–Kier alpha value is -2.54. The van der Waals surface area contributed by atoms with Crippen LogP contribution in [0.4, 0.5) is 4.39 Å². The molecule has 1 amide bonds. The molecule has 3 aromatic rings. The van der Waals surface area contributed by atoms with E-state index in [0.717, 1.165) is 36.1 Å². The van der Waals surface area contributed by atoms with E-state index in [1.807, 2.05) is 0 Å². The quantitative estimate of drug-likeness (QED) is 0.751. The molecule has 0 aliphatic heterocycles. The molecule has 0 bridgehead atoms. The minimum Gasteiger partial charge on any atom is -0.350 e. The second kappa shape index (κ2) is 7.23. The van der Waals surface area contributed by atoms with Crippen LogP contribution in [0.3, 0.4) is 0 Å². The number of hydrogen-bond donors (Lipinski definition) is 1. The van der Waals surface area contributed by atoms with Crippen molar-refractivity contribution in [3.05, 3.63) is 62.3 Å². The van der Waals surface area contributed by atoms with Gasteiger partial charge in [-0.15, -0.1) is 11.3 Å². The summed E-state index contributed by atoms with van der Waals surface area (Å²) in [5.74, 6) is -0.599. The van der Waals surface area contributed by atoms with E-state index in [-0.39, 0.29) is 30.4 Å². The maximum atomic E-state index is 13.6. The van der Waals surface area contributed by atoms with E-state index >= 15 is 0 Å². The third kappa shape index (κ3) is 3.51. The summed E-state index contributed by atoms with van der Waals surface area (Å²) in [5.41, 5.74) is 2.20. The maximum Gasteiger partial charge on any atom is 0.262 e. The van der Waals surface area contributed by atoms with Gasteiger partial charge in [0.1, 0.15) is 17.2 Å². The van der Waals surface area contributed by atoms with Crippen molar-refractivity contribution in [2.24, 2.45) is 0 Å². The molecule has 0 fully saturated rings. The predicted octanol–water partition coefficient (Wildman–Crippen LogP) is 3.10. The zero-order valence-corrected chi connectivity index (χ0v) is 15.9. The first-order valence-electron chi connectivity index (χ1n) is 9.04. The molecule has 0 unspecified atom stereocenters. The van der Waals surface area contributed by atoms with E-state index in [9.17, 15) is 14.0 Å². The molecule has 1 aromatic carbocycles. The van der Waals surface area contributed by atoms with Crippen LogP contribution in [0.1, 0.15) is 34.4 Å². The summed E-state index contributed by atoms with van der Waals surface area (Å²) in [6, 6.07) is 4.86. The SMILES string of the molecule is Cc1ccc(CNC(=O)Cn2cnc3sc4c(c3c2=O)CCCC4)cc1F. The molecular weight excluding hydrogens is 365 g/mol. The Bertz CT molecular complexity index is 1090. The van der Waals surface area contributed by atoms with E-state index in [2.05, 4.69) is 10.3 Å².